The number of hydrogen-bond acceptors (Lipinski definition) is 6. The van der Waals surface area contributed by atoms with Gasteiger partial charge in [-0.15, -0.1) is 0 Å². The topological polar surface area (TPSA) is 71.0 Å². The van der Waals surface area contributed by atoms with Crippen LogP contribution in [0.5, 0.6) is 0 Å². The minimum atomic E-state index is 0.0477. The summed E-state index contributed by atoms with van der Waals surface area (Å²) >= 11 is 0. The van der Waals surface area contributed by atoms with Crippen molar-refractivity contribution in [3.63, 3.8) is 0 Å². The zero-order valence-electron chi connectivity index (χ0n) is 15.8. The number of likely N-dealkylation sites (N-methyl/N-ethyl adjacent to an activating group) is 1. The van der Waals surface area contributed by atoms with Crippen LogP contribution in [0.3, 0.4) is 0 Å². The molecular weight excluding hydrogens is 338 g/mol. The van der Waals surface area contributed by atoms with Gasteiger partial charge in [0, 0.05) is 49.0 Å². The van der Waals surface area contributed by atoms with Gasteiger partial charge in [-0.05, 0) is 62.2 Å². The number of carbonyl (C=O) groups is 1. The predicted octanol–water partition coefficient (Wildman–Crippen LogP) is 3.81. The zero-order valence-corrected chi connectivity index (χ0v) is 15.8. The molecule has 0 saturated carbocycles. The Morgan fingerprint density at radius 1 is 1.07 bits per heavy atom. The zero-order chi connectivity index (χ0) is 19.2. The molecule has 0 bridgehead atoms. The minimum Gasteiger partial charge on any atom is -0.359 e. The second-order valence-electron chi connectivity index (χ2n) is 6.48. The fourth-order valence-electron chi connectivity index (χ4n) is 2.68. The number of hydrogen-bond donors (Lipinski definition) is 1. The Bertz CT molecular complexity index is 910. The van der Waals surface area contributed by atoms with E-state index in [-0.39, 0.29) is 5.78 Å². The molecule has 0 saturated heterocycles. The SMILES string of the molecule is CC(=O)c1ccc(Nc2nc(C)cc(N(C)CCc3ccncc3)n2)cc1. The molecule has 6 nitrogen and oxygen atoms in total. The van der Waals surface area contributed by atoms with Crippen LogP contribution in [0.15, 0.2) is 54.9 Å². The van der Waals surface area contributed by atoms with E-state index in [0.717, 1.165) is 30.2 Å². The van der Waals surface area contributed by atoms with Crippen molar-refractivity contribution in [2.75, 3.05) is 23.8 Å². The highest BCUT2D eigenvalue weighted by Gasteiger charge is 2.08. The molecule has 0 aliphatic rings. The first kappa shape index (κ1) is 18.5. The van der Waals surface area contributed by atoms with Crippen molar-refractivity contribution in [2.45, 2.75) is 20.3 Å². The molecule has 3 rings (SSSR count). The molecule has 138 valence electrons. The van der Waals surface area contributed by atoms with Crippen molar-refractivity contribution in [1.29, 1.82) is 0 Å². The van der Waals surface area contributed by atoms with Crippen molar-refractivity contribution in [3.8, 4) is 0 Å². The first-order chi connectivity index (χ1) is 13.0. The third-order valence-corrected chi connectivity index (χ3v) is 4.26. The molecule has 6 heteroatoms. The van der Waals surface area contributed by atoms with E-state index in [2.05, 4.69) is 25.2 Å². The molecule has 1 N–H and O–H groups in total. The van der Waals surface area contributed by atoms with Crippen LogP contribution in [0, 0.1) is 6.92 Å². The Morgan fingerprint density at radius 3 is 2.44 bits per heavy atom. The number of aromatic nitrogens is 3. The van der Waals surface area contributed by atoms with Gasteiger partial charge in [0.1, 0.15) is 5.82 Å². The minimum absolute atomic E-state index is 0.0477. The van der Waals surface area contributed by atoms with Crippen LogP contribution in [0.1, 0.15) is 28.5 Å². The number of carbonyl (C=O) groups excluding carboxylic acids is 1. The summed E-state index contributed by atoms with van der Waals surface area (Å²) in [4.78, 5) is 26.6. The maximum atomic E-state index is 11.4. The summed E-state index contributed by atoms with van der Waals surface area (Å²) in [5.74, 6) is 1.45. The van der Waals surface area contributed by atoms with E-state index in [1.807, 2.05) is 56.7 Å². The lowest BCUT2D eigenvalue weighted by molar-refractivity contribution is 0.101. The number of benzene rings is 1. The van der Waals surface area contributed by atoms with Gasteiger partial charge >= 0.3 is 0 Å². The summed E-state index contributed by atoms with van der Waals surface area (Å²) in [6.07, 6.45) is 4.53. The number of Topliss-reactive ketones (excluding diaryl/α,β-unsaturated/α-hetero) is 1. The van der Waals surface area contributed by atoms with Crippen molar-refractivity contribution >= 4 is 23.2 Å². The van der Waals surface area contributed by atoms with Gasteiger partial charge in [0.25, 0.3) is 0 Å². The van der Waals surface area contributed by atoms with E-state index in [4.69, 9.17) is 0 Å². The molecule has 27 heavy (non-hydrogen) atoms. The summed E-state index contributed by atoms with van der Waals surface area (Å²) in [5.41, 5.74) is 3.66. The summed E-state index contributed by atoms with van der Waals surface area (Å²) in [6, 6.07) is 13.3. The molecule has 0 amide bonds. The molecule has 0 fully saturated rings. The average Bonchev–Trinajstić information content (AvgIpc) is 2.67. The Hall–Kier alpha value is -3.28. The summed E-state index contributed by atoms with van der Waals surface area (Å²) < 4.78 is 0. The normalized spacial score (nSPS) is 10.5. The fraction of sp³-hybridized carbons (Fsp3) is 0.238. The fourth-order valence-corrected chi connectivity index (χ4v) is 2.68. The molecular formula is C21H23N5O. The molecule has 0 atom stereocenters. The summed E-state index contributed by atoms with van der Waals surface area (Å²) in [6.45, 7) is 4.35. The molecule has 0 radical (unpaired) electrons. The van der Waals surface area contributed by atoms with Crippen LogP contribution in [0.4, 0.5) is 17.5 Å². The summed E-state index contributed by atoms with van der Waals surface area (Å²) in [5, 5.41) is 3.21. The monoisotopic (exact) mass is 361 g/mol. The van der Waals surface area contributed by atoms with E-state index in [0.29, 0.717) is 11.5 Å². The molecule has 0 spiro atoms. The lowest BCUT2D eigenvalue weighted by Gasteiger charge is -2.19. The third kappa shape index (κ3) is 5.10. The highest BCUT2D eigenvalue weighted by Crippen LogP contribution is 2.18. The number of rotatable bonds is 7. The van der Waals surface area contributed by atoms with E-state index in [1.165, 1.54) is 5.56 Å². The average molecular weight is 361 g/mol. The first-order valence-electron chi connectivity index (χ1n) is 8.85. The van der Waals surface area contributed by atoms with Gasteiger partial charge in [-0.1, -0.05) is 0 Å². The van der Waals surface area contributed by atoms with Gasteiger partial charge in [0.2, 0.25) is 5.95 Å². The first-order valence-corrected chi connectivity index (χ1v) is 8.85. The molecule has 1 aromatic carbocycles. The number of aryl methyl sites for hydroxylation is 1. The van der Waals surface area contributed by atoms with Gasteiger partial charge in [0.05, 0.1) is 0 Å². The van der Waals surface area contributed by atoms with Gasteiger partial charge < -0.3 is 10.2 Å². The van der Waals surface area contributed by atoms with Gasteiger partial charge in [0.15, 0.2) is 5.78 Å². The van der Waals surface area contributed by atoms with Crippen LogP contribution in [0.2, 0.25) is 0 Å². The third-order valence-electron chi connectivity index (χ3n) is 4.26. The van der Waals surface area contributed by atoms with Crippen LogP contribution in [-0.2, 0) is 6.42 Å². The van der Waals surface area contributed by atoms with E-state index in [1.54, 1.807) is 19.1 Å². The number of ketones is 1. The largest absolute Gasteiger partial charge is 0.359 e. The van der Waals surface area contributed by atoms with Crippen LogP contribution in [0.25, 0.3) is 0 Å². The standard InChI is InChI=1S/C21H23N5O/c1-15-14-20(26(3)13-10-17-8-11-22-12-9-17)25-21(23-15)24-19-6-4-18(5-7-19)16(2)27/h4-9,11-12,14H,10,13H2,1-3H3,(H,23,24,25). The van der Waals surface area contributed by atoms with Crippen LogP contribution in [-0.4, -0.2) is 34.3 Å². The smallest absolute Gasteiger partial charge is 0.229 e. The molecule has 2 heterocycles. The second-order valence-corrected chi connectivity index (χ2v) is 6.48. The van der Waals surface area contributed by atoms with Crippen molar-refractivity contribution in [2.24, 2.45) is 0 Å². The Balaban J connectivity index is 1.70. The maximum absolute atomic E-state index is 11.4. The van der Waals surface area contributed by atoms with Crippen molar-refractivity contribution in [3.05, 3.63) is 71.7 Å². The number of anilines is 3. The lowest BCUT2D eigenvalue weighted by atomic mass is 10.1. The highest BCUT2D eigenvalue weighted by molar-refractivity contribution is 5.94. The second kappa shape index (κ2) is 8.40. The van der Waals surface area contributed by atoms with Gasteiger partial charge in [-0.3, -0.25) is 9.78 Å². The molecule has 0 aliphatic heterocycles. The van der Waals surface area contributed by atoms with Crippen LogP contribution < -0.4 is 10.2 Å². The molecule has 0 unspecified atom stereocenters. The van der Waals surface area contributed by atoms with E-state index < -0.39 is 0 Å². The van der Waals surface area contributed by atoms with Gasteiger partial charge in [-0.2, -0.15) is 4.98 Å². The van der Waals surface area contributed by atoms with Crippen molar-refractivity contribution < 1.29 is 4.79 Å². The van der Waals surface area contributed by atoms with Gasteiger partial charge in [-0.25, -0.2) is 4.98 Å². The van der Waals surface area contributed by atoms with Crippen molar-refractivity contribution in [1.82, 2.24) is 15.0 Å². The lowest BCUT2D eigenvalue weighted by Crippen LogP contribution is -2.22. The number of pyridine rings is 1. The highest BCUT2D eigenvalue weighted by atomic mass is 16.1. The Kier molecular flexibility index (Phi) is 5.76. The van der Waals surface area contributed by atoms with E-state index >= 15 is 0 Å². The molecule has 3 aromatic rings. The molecule has 0 aliphatic carbocycles. The quantitative estimate of drug-likeness (QED) is 0.645. The Labute approximate surface area is 159 Å². The predicted molar refractivity (Wildman–Crippen MR) is 108 cm³/mol. The number of nitrogens with one attached hydrogen (secondary N) is 1. The number of nitrogens with zero attached hydrogens (tertiary/aromatic N) is 4. The summed E-state index contributed by atoms with van der Waals surface area (Å²) in [7, 11) is 2.02. The maximum Gasteiger partial charge on any atom is 0.229 e. The molecule has 2 aromatic heterocycles. The van der Waals surface area contributed by atoms with Crippen LogP contribution >= 0.6 is 0 Å². The van der Waals surface area contributed by atoms with E-state index in [9.17, 15) is 4.79 Å². The Morgan fingerprint density at radius 2 is 1.78 bits per heavy atom.